The lowest BCUT2D eigenvalue weighted by Gasteiger charge is -2.16. The van der Waals surface area contributed by atoms with E-state index in [0.29, 0.717) is 19.3 Å². The first-order valence-corrected chi connectivity index (χ1v) is 9.41. The molecule has 0 radical (unpaired) electrons. The molecule has 0 spiro atoms. The average molecular weight is 393 g/mol. The Balaban J connectivity index is 2.10. The molecule has 4 heteroatoms. The third-order valence-corrected chi connectivity index (χ3v) is 4.63. The van der Waals surface area contributed by atoms with Crippen molar-refractivity contribution in [2.24, 2.45) is 0 Å². The maximum absolute atomic E-state index is 5.80. The Labute approximate surface area is 153 Å². The van der Waals surface area contributed by atoms with E-state index in [2.05, 4.69) is 71.5 Å². The lowest BCUT2D eigenvalue weighted by molar-refractivity contribution is -0.708. The van der Waals surface area contributed by atoms with Gasteiger partial charge in [-0.05, 0) is 32.4 Å². The Kier molecular flexibility index (Phi) is 7.60. The van der Waals surface area contributed by atoms with Crippen LogP contribution in [-0.2, 0) is 6.54 Å². The van der Waals surface area contributed by atoms with Gasteiger partial charge in [0.15, 0.2) is 11.5 Å². The van der Waals surface area contributed by atoms with Crippen LogP contribution in [0.4, 0.5) is 0 Å². The van der Waals surface area contributed by atoms with E-state index in [0.717, 1.165) is 28.9 Å². The minimum Gasteiger partial charge on any atom is -0.490 e. The maximum Gasteiger partial charge on any atom is 0.162 e. The molecule has 0 aromatic heterocycles. The molecule has 0 amide bonds. The summed E-state index contributed by atoms with van der Waals surface area (Å²) in [4.78, 5) is 0. The number of quaternary nitrogens is 1. The molecule has 2 aromatic rings. The van der Waals surface area contributed by atoms with Crippen LogP contribution < -0.4 is 14.8 Å². The van der Waals surface area contributed by atoms with Gasteiger partial charge in [-0.2, -0.15) is 0 Å². The minimum absolute atomic E-state index is 0.407. The van der Waals surface area contributed by atoms with Crippen LogP contribution in [0, 0.1) is 0 Å². The Hall–Kier alpha value is -1.52. The summed E-state index contributed by atoms with van der Waals surface area (Å²) in [5.74, 6) is 1.63. The van der Waals surface area contributed by atoms with Gasteiger partial charge in [-0.1, -0.05) is 53.2 Å². The van der Waals surface area contributed by atoms with Gasteiger partial charge in [0, 0.05) is 15.6 Å². The summed E-state index contributed by atoms with van der Waals surface area (Å²) >= 11 is 3.68. The molecule has 0 saturated carbocycles. The molecular formula is C20H27BrNO2+. The fourth-order valence-electron chi connectivity index (χ4n) is 2.52. The summed E-state index contributed by atoms with van der Waals surface area (Å²) in [5.41, 5.74) is 2.55. The molecule has 0 bridgehead atoms. The molecule has 0 saturated heterocycles. The van der Waals surface area contributed by atoms with Crippen LogP contribution >= 0.6 is 15.9 Å². The molecule has 0 fully saturated rings. The summed E-state index contributed by atoms with van der Waals surface area (Å²) in [7, 11) is 0. The van der Waals surface area contributed by atoms with Gasteiger partial charge in [0.1, 0.15) is 12.6 Å². The van der Waals surface area contributed by atoms with Crippen LogP contribution in [0.15, 0.2) is 46.9 Å². The van der Waals surface area contributed by atoms with Crippen molar-refractivity contribution in [3.63, 3.8) is 0 Å². The number of ether oxygens (including phenoxy) is 2. The highest BCUT2D eigenvalue weighted by Gasteiger charge is 2.14. The zero-order valence-electron chi connectivity index (χ0n) is 14.7. The van der Waals surface area contributed by atoms with Crippen LogP contribution in [0.5, 0.6) is 11.5 Å². The predicted molar refractivity (Wildman–Crippen MR) is 102 cm³/mol. The summed E-state index contributed by atoms with van der Waals surface area (Å²) in [6, 6.07) is 15.1. The summed E-state index contributed by atoms with van der Waals surface area (Å²) in [6.45, 7) is 8.53. The normalized spacial score (nSPS) is 12.0. The second kappa shape index (κ2) is 9.70. The Morgan fingerprint density at radius 1 is 1.04 bits per heavy atom. The number of hydrogen-bond donors (Lipinski definition) is 1. The molecule has 24 heavy (non-hydrogen) atoms. The highest BCUT2D eigenvalue weighted by molar-refractivity contribution is 9.10. The van der Waals surface area contributed by atoms with Crippen molar-refractivity contribution in [3.05, 3.63) is 58.1 Å². The topological polar surface area (TPSA) is 35.1 Å². The van der Waals surface area contributed by atoms with E-state index in [1.807, 2.05) is 13.0 Å². The zero-order chi connectivity index (χ0) is 17.4. The van der Waals surface area contributed by atoms with Crippen molar-refractivity contribution in [2.75, 3.05) is 13.2 Å². The Bertz CT molecular complexity index is 631. The first-order chi connectivity index (χ1) is 11.7. The third-order valence-electron chi connectivity index (χ3n) is 3.89. The van der Waals surface area contributed by atoms with Crippen molar-refractivity contribution in [3.8, 4) is 11.5 Å². The van der Waals surface area contributed by atoms with Crippen LogP contribution in [0.25, 0.3) is 0 Å². The van der Waals surface area contributed by atoms with Crippen LogP contribution in [-0.4, -0.2) is 13.2 Å². The summed E-state index contributed by atoms with van der Waals surface area (Å²) in [6.07, 6.45) is 0.979. The molecule has 0 aliphatic heterocycles. The van der Waals surface area contributed by atoms with Gasteiger partial charge >= 0.3 is 0 Å². The fraction of sp³-hybridized carbons (Fsp3) is 0.400. The lowest BCUT2D eigenvalue weighted by atomic mass is 10.1. The van der Waals surface area contributed by atoms with Crippen molar-refractivity contribution < 1.29 is 14.8 Å². The zero-order valence-corrected chi connectivity index (χ0v) is 16.3. The predicted octanol–water partition coefficient (Wildman–Crippen LogP) is 4.46. The largest absolute Gasteiger partial charge is 0.490 e. The van der Waals surface area contributed by atoms with Crippen LogP contribution in [0.3, 0.4) is 0 Å². The van der Waals surface area contributed by atoms with Crippen molar-refractivity contribution in [1.82, 2.24) is 0 Å². The molecule has 2 aromatic carbocycles. The van der Waals surface area contributed by atoms with E-state index in [1.165, 1.54) is 11.1 Å². The van der Waals surface area contributed by atoms with E-state index >= 15 is 0 Å². The summed E-state index contributed by atoms with van der Waals surface area (Å²) in [5, 5.41) is 2.33. The van der Waals surface area contributed by atoms with E-state index in [9.17, 15) is 0 Å². The summed E-state index contributed by atoms with van der Waals surface area (Å²) < 4.78 is 12.6. The third kappa shape index (κ3) is 5.25. The molecule has 0 heterocycles. The average Bonchev–Trinajstić information content (AvgIpc) is 2.61. The highest BCUT2D eigenvalue weighted by atomic mass is 79.9. The standard InChI is InChI=1S/C20H26BrNO2/c1-4-11-24-20-13-18(21)17(12-19(20)23-5-2)14-22-15(3)16-9-7-6-8-10-16/h6-10,12-13,15,22H,4-5,11,14H2,1-3H3/p+1/t15-/m0/s1. The second-order valence-electron chi connectivity index (χ2n) is 5.81. The highest BCUT2D eigenvalue weighted by Crippen LogP contribution is 2.33. The second-order valence-corrected chi connectivity index (χ2v) is 6.67. The quantitative estimate of drug-likeness (QED) is 0.683. The van der Waals surface area contributed by atoms with Gasteiger partial charge in [0.05, 0.1) is 13.2 Å². The van der Waals surface area contributed by atoms with Gasteiger partial charge in [0.25, 0.3) is 0 Å². The van der Waals surface area contributed by atoms with Crippen molar-refractivity contribution >= 4 is 15.9 Å². The van der Waals surface area contributed by atoms with Crippen molar-refractivity contribution in [2.45, 2.75) is 39.8 Å². The minimum atomic E-state index is 0.407. The van der Waals surface area contributed by atoms with Gasteiger partial charge < -0.3 is 14.8 Å². The molecule has 2 N–H and O–H groups in total. The molecule has 3 nitrogen and oxygen atoms in total. The van der Waals surface area contributed by atoms with Crippen molar-refractivity contribution in [1.29, 1.82) is 0 Å². The molecule has 2 rings (SSSR count). The van der Waals surface area contributed by atoms with Gasteiger partial charge in [-0.15, -0.1) is 0 Å². The van der Waals surface area contributed by atoms with Gasteiger partial charge in [-0.3, -0.25) is 0 Å². The molecule has 0 unspecified atom stereocenters. The Morgan fingerprint density at radius 3 is 2.42 bits per heavy atom. The molecular weight excluding hydrogens is 366 g/mol. The van der Waals surface area contributed by atoms with Crippen LogP contribution in [0.2, 0.25) is 0 Å². The number of halogens is 1. The number of benzene rings is 2. The molecule has 0 aliphatic rings. The van der Waals surface area contributed by atoms with E-state index in [-0.39, 0.29) is 0 Å². The first kappa shape index (κ1) is 18.8. The lowest BCUT2D eigenvalue weighted by Crippen LogP contribution is -2.83. The number of rotatable bonds is 9. The smallest absolute Gasteiger partial charge is 0.162 e. The van der Waals surface area contributed by atoms with E-state index < -0.39 is 0 Å². The molecule has 0 aliphatic carbocycles. The van der Waals surface area contributed by atoms with E-state index in [4.69, 9.17) is 9.47 Å². The van der Waals surface area contributed by atoms with Gasteiger partial charge in [0.2, 0.25) is 0 Å². The monoisotopic (exact) mass is 392 g/mol. The Morgan fingerprint density at radius 2 is 1.75 bits per heavy atom. The van der Waals surface area contributed by atoms with Crippen LogP contribution in [0.1, 0.15) is 44.4 Å². The molecule has 130 valence electrons. The number of nitrogens with two attached hydrogens (primary N) is 1. The molecule has 1 atom stereocenters. The SMILES string of the molecule is CCCOc1cc(Br)c(C[NH2+][C@@H](C)c2ccccc2)cc1OCC. The van der Waals surface area contributed by atoms with Gasteiger partial charge in [-0.25, -0.2) is 0 Å². The first-order valence-electron chi connectivity index (χ1n) is 8.62. The number of hydrogen-bond acceptors (Lipinski definition) is 2. The maximum atomic E-state index is 5.80. The fourth-order valence-corrected chi connectivity index (χ4v) is 3.01. The van der Waals surface area contributed by atoms with E-state index in [1.54, 1.807) is 0 Å².